The number of hydrogen-bond acceptors (Lipinski definition) is 5. The van der Waals surface area contributed by atoms with Gasteiger partial charge in [-0.15, -0.1) is 0 Å². The van der Waals surface area contributed by atoms with Gasteiger partial charge < -0.3 is 19.6 Å². The van der Waals surface area contributed by atoms with Crippen molar-refractivity contribution in [3.05, 3.63) is 59.7 Å². The summed E-state index contributed by atoms with van der Waals surface area (Å²) in [4.78, 5) is 9.70. The van der Waals surface area contributed by atoms with Crippen molar-refractivity contribution in [2.75, 3.05) is 36.5 Å². The maximum Gasteiger partial charge on any atom is 0.135 e. The van der Waals surface area contributed by atoms with Crippen LogP contribution in [0.4, 0.5) is 11.5 Å². The molecule has 0 saturated carbocycles. The van der Waals surface area contributed by atoms with Gasteiger partial charge in [-0.05, 0) is 49.7 Å². The molecule has 0 bridgehead atoms. The Morgan fingerprint density at radius 2 is 1.93 bits per heavy atom. The lowest BCUT2D eigenvalue weighted by molar-refractivity contribution is 0.281. The standard InChI is InChI=1S/C23H27N3O2/c1-16-5-4-6-18-13-19(15-27)23(24-22(16)18)26-12-11-25(14-17(26)2)20-7-9-21(28-3)10-8-20/h4-10,13,17,27H,11-12,14-15H2,1-3H3. The quantitative estimate of drug-likeness (QED) is 0.750. The van der Waals surface area contributed by atoms with E-state index in [-0.39, 0.29) is 12.6 Å². The van der Waals surface area contributed by atoms with Crippen molar-refractivity contribution in [1.82, 2.24) is 4.98 Å². The van der Waals surface area contributed by atoms with Crippen LogP contribution in [0.1, 0.15) is 18.1 Å². The number of para-hydroxylation sites is 1. The smallest absolute Gasteiger partial charge is 0.135 e. The largest absolute Gasteiger partial charge is 0.497 e. The van der Waals surface area contributed by atoms with Crippen molar-refractivity contribution in [2.24, 2.45) is 0 Å². The molecular weight excluding hydrogens is 350 g/mol. The van der Waals surface area contributed by atoms with E-state index in [2.05, 4.69) is 54.0 Å². The summed E-state index contributed by atoms with van der Waals surface area (Å²) in [7, 11) is 1.69. The summed E-state index contributed by atoms with van der Waals surface area (Å²) >= 11 is 0. The number of aryl methyl sites for hydroxylation is 1. The second-order valence-electron chi connectivity index (χ2n) is 7.46. The van der Waals surface area contributed by atoms with Crippen molar-refractivity contribution in [1.29, 1.82) is 0 Å². The van der Waals surface area contributed by atoms with E-state index in [0.29, 0.717) is 0 Å². The first-order valence-electron chi connectivity index (χ1n) is 9.76. The van der Waals surface area contributed by atoms with E-state index in [0.717, 1.165) is 53.2 Å². The number of rotatable bonds is 4. The number of piperazine rings is 1. The van der Waals surface area contributed by atoms with Gasteiger partial charge in [-0.2, -0.15) is 0 Å². The molecule has 0 radical (unpaired) electrons. The summed E-state index contributed by atoms with van der Waals surface area (Å²) in [6.07, 6.45) is 0. The van der Waals surface area contributed by atoms with E-state index < -0.39 is 0 Å². The molecule has 1 unspecified atom stereocenters. The average Bonchev–Trinajstić information content (AvgIpc) is 2.73. The Balaban J connectivity index is 1.61. The van der Waals surface area contributed by atoms with Gasteiger partial charge in [0.25, 0.3) is 0 Å². The van der Waals surface area contributed by atoms with Gasteiger partial charge in [0.05, 0.1) is 19.2 Å². The molecule has 5 heteroatoms. The predicted molar refractivity (Wildman–Crippen MR) is 114 cm³/mol. The Morgan fingerprint density at radius 1 is 1.14 bits per heavy atom. The van der Waals surface area contributed by atoms with Crippen molar-refractivity contribution in [3.8, 4) is 5.75 Å². The van der Waals surface area contributed by atoms with Crippen LogP contribution >= 0.6 is 0 Å². The number of aromatic nitrogens is 1. The van der Waals surface area contributed by atoms with Crippen molar-refractivity contribution in [3.63, 3.8) is 0 Å². The Morgan fingerprint density at radius 3 is 2.61 bits per heavy atom. The van der Waals surface area contributed by atoms with E-state index >= 15 is 0 Å². The summed E-state index contributed by atoms with van der Waals surface area (Å²) in [5.41, 5.74) is 4.27. The topological polar surface area (TPSA) is 48.8 Å². The number of pyridine rings is 1. The third-order valence-electron chi connectivity index (χ3n) is 5.61. The monoisotopic (exact) mass is 377 g/mol. The lowest BCUT2D eigenvalue weighted by Gasteiger charge is -2.42. The molecule has 4 rings (SSSR count). The molecule has 1 aliphatic heterocycles. The van der Waals surface area contributed by atoms with Gasteiger partial charge in [0.2, 0.25) is 0 Å². The summed E-state index contributed by atoms with van der Waals surface area (Å²) in [6.45, 7) is 6.99. The summed E-state index contributed by atoms with van der Waals surface area (Å²) in [5, 5.41) is 11.0. The maximum atomic E-state index is 9.95. The Bertz CT molecular complexity index is 971. The van der Waals surface area contributed by atoms with Crippen molar-refractivity contribution in [2.45, 2.75) is 26.5 Å². The van der Waals surface area contributed by atoms with Crippen LogP contribution in [0.2, 0.25) is 0 Å². The molecule has 0 spiro atoms. The van der Waals surface area contributed by atoms with Gasteiger partial charge in [0.15, 0.2) is 0 Å². The van der Waals surface area contributed by atoms with Gasteiger partial charge >= 0.3 is 0 Å². The fourth-order valence-electron chi connectivity index (χ4n) is 4.05. The zero-order valence-electron chi connectivity index (χ0n) is 16.7. The highest BCUT2D eigenvalue weighted by atomic mass is 16.5. The minimum absolute atomic E-state index is 0.00235. The lowest BCUT2D eigenvalue weighted by atomic mass is 10.1. The van der Waals surface area contributed by atoms with Gasteiger partial charge in [-0.1, -0.05) is 18.2 Å². The molecule has 3 aromatic rings. The molecule has 146 valence electrons. The van der Waals surface area contributed by atoms with Crippen LogP contribution in [-0.2, 0) is 6.61 Å². The molecule has 28 heavy (non-hydrogen) atoms. The second-order valence-corrected chi connectivity index (χ2v) is 7.46. The van der Waals surface area contributed by atoms with Crippen LogP contribution in [0, 0.1) is 6.92 Å². The van der Waals surface area contributed by atoms with Gasteiger partial charge in [0, 0.05) is 42.3 Å². The summed E-state index contributed by atoms with van der Waals surface area (Å²) in [6, 6.07) is 16.8. The van der Waals surface area contributed by atoms with Crippen molar-refractivity contribution >= 4 is 22.4 Å². The van der Waals surface area contributed by atoms with Gasteiger partial charge in [0.1, 0.15) is 11.6 Å². The first-order valence-corrected chi connectivity index (χ1v) is 9.76. The molecule has 2 aromatic carbocycles. The van der Waals surface area contributed by atoms with Crippen LogP contribution in [0.15, 0.2) is 48.5 Å². The Hall–Kier alpha value is -2.79. The van der Waals surface area contributed by atoms with Crippen LogP contribution in [0.5, 0.6) is 5.75 Å². The molecule has 1 aromatic heterocycles. The summed E-state index contributed by atoms with van der Waals surface area (Å²) < 4.78 is 5.26. The highest BCUT2D eigenvalue weighted by Crippen LogP contribution is 2.30. The average molecular weight is 377 g/mol. The minimum atomic E-state index is -0.00235. The van der Waals surface area contributed by atoms with Crippen molar-refractivity contribution < 1.29 is 9.84 Å². The summed E-state index contributed by atoms with van der Waals surface area (Å²) in [5.74, 6) is 1.78. The fourth-order valence-corrected chi connectivity index (χ4v) is 4.05. The number of fused-ring (bicyclic) bond motifs is 1. The molecular formula is C23H27N3O2. The van der Waals surface area contributed by atoms with E-state index in [4.69, 9.17) is 9.72 Å². The first kappa shape index (κ1) is 18.6. The predicted octanol–water partition coefficient (Wildman–Crippen LogP) is 3.76. The molecule has 1 N–H and O–H groups in total. The van der Waals surface area contributed by atoms with Gasteiger partial charge in [-0.3, -0.25) is 0 Å². The number of aliphatic hydroxyl groups excluding tert-OH is 1. The third-order valence-corrected chi connectivity index (χ3v) is 5.61. The maximum absolute atomic E-state index is 9.95. The van der Waals surface area contributed by atoms with E-state index in [1.807, 2.05) is 18.2 Å². The highest BCUT2D eigenvalue weighted by molar-refractivity contribution is 5.84. The van der Waals surface area contributed by atoms with Crippen LogP contribution in [-0.4, -0.2) is 42.9 Å². The van der Waals surface area contributed by atoms with Gasteiger partial charge in [-0.25, -0.2) is 4.98 Å². The fraction of sp³-hybridized carbons (Fsp3) is 0.348. The number of hydrogen-bond donors (Lipinski definition) is 1. The van der Waals surface area contributed by atoms with Crippen LogP contribution in [0.3, 0.4) is 0 Å². The zero-order valence-corrected chi connectivity index (χ0v) is 16.7. The molecule has 5 nitrogen and oxygen atoms in total. The molecule has 0 amide bonds. The third kappa shape index (κ3) is 3.38. The zero-order chi connectivity index (χ0) is 19.7. The molecule has 1 atom stereocenters. The molecule has 1 aliphatic rings. The number of methoxy groups -OCH3 is 1. The number of benzene rings is 2. The first-order chi connectivity index (χ1) is 13.6. The molecule has 1 fully saturated rings. The molecule has 0 aliphatic carbocycles. The Labute approximate surface area is 166 Å². The lowest BCUT2D eigenvalue weighted by Crippen LogP contribution is -2.52. The van der Waals surface area contributed by atoms with Crippen LogP contribution in [0.25, 0.3) is 10.9 Å². The minimum Gasteiger partial charge on any atom is -0.497 e. The molecule has 1 saturated heterocycles. The second kappa shape index (κ2) is 7.68. The number of anilines is 2. The normalized spacial score (nSPS) is 17.2. The SMILES string of the molecule is COc1ccc(N2CCN(c3nc4c(C)cccc4cc3CO)C(C)C2)cc1. The highest BCUT2D eigenvalue weighted by Gasteiger charge is 2.27. The number of aliphatic hydroxyl groups is 1. The number of nitrogens with zero attached hydrogens (tertiary/aromatic N) is 3. The molecule has 2 heterocycles. The van der Waals surface area contributed by atoms with Crippen LogP contribution < -0.4 is 14.5 Å². The van der Waals surface area contributed by atoms with E-state index in [1.54, 1.807) is 7.11 Å². The Kier molecular flexibility index (Phi) is 5.09. The number of ether oxygens (including phenoxy) is 1. The van der Waals surface area contributed by atoms with E-state index in [9.17, 15) is 5.11 Å². The van der Waals surface area contributed by atoms with E-state index in [1.165, 1.54) is 5.69 Å².